The number of ether oxygens (including phenoxy) is 1. The van der Waals surface area contributed by atoms with Crippen molar-refractivity contribution in [3.63, 3.8) is 0 Å². The number of rotatable bonds is 5. The van der Waals surface area contributed by atoms with Gasteiger partial charge in [0.15, 0.2) is 0 Å². The van der Waals surface area contributed by atoms with Gasteiger partial charge in [0.05, 0.1) is 5.60 Å². The molecule has 30 heavy (non-hydrogen) atoms. The summed E-state index contributed by atoms with van der Waals surface area (Å²) in [6.07, 6.45) is 3.20. The summed E-state index contributed by atoms with van der Waals surface area (Å²) in [5.41, 5.74) is 2.17. The first-order valence-electron chi connectivity index (χ1n) is 11.2. The Labute approximate surface area is 180 Å². The first-order chi connectivity index (χ1) is 14.5. The van der Waals surface area contributed by atoms with Crippen LogP contribution < -0.4 is 5.32 Å². The van der Waals surface area contributed by atoms with Gasteiger partial charge in [-0.1, -0.05) is 60.7 Å². The highest BCUT2D eigenvalue weighted by molar-refractivity contribution is 5.78. The molecule has 160 valence electrons. The summed E-state index contributed by atoms with van der Waals surface area (Å²) in [5.74, 6) is 0.277. The topological polar surface area (TPSA) is 41.6 Å². The Balaban J connectivity index is 1.57. The fourth-order valence-corrected chi connectivity index (χ4v) is 5.32. The van der Waals surface area contributed by atoms with Gasteiger partial charge in [0.25, 0.3) is 0 Å². The Morgan fingerprint density at radius 1 is 1.10 bits per heavy atom. The van der Waals surface area contributed by atoms with Crippen molar-refractivity contribution in [2.45, 2.75) is 56.6 Å². The molecule has 2 aliphatic heterocycles. The highest BCUT2D eigenvalue weighted by Gasteiger charge is 2.44. The maximum Gasteiger partial charge on any atom is 0.223 e. The average Bonchev–Trinajstić information content (AvgIpc) is 2.75. The van der Waals surface area contributed by atoms with Crippen LogP contribution in [0.1, 0.15) is 44.2 Å². The number of carbonyl (C=O) groups excluding carboxylic acids is 1. The van der Waals surface area contributed by atoms with E-state index in [1.807, 2.05) is 6.07 Å². The van der Waals surface area contributed by atoms with Crippen molar-refractivity contribution in [2.24, 2.45) is 0 Å². The molecule has 0 saturated carbocycles. The van der Waals surface area contributed by atoms with Crippen molar-refractivity contribution in [3.8, 4) is 0 Å². The molecule has 0 aliphatic carbocycles. The minimum Gasteiger partial charge on any atom is -0.376 e. The number of hydrogen-bond acceptors (Lipinski definition) is 3. The quantitative estimate of drug-likeness (QED) is 0.818. The number of hydrogen-bond donors (Lipinski definition) is 1. The molecular weight excluding hydrogens is 372 g/mol. The molecule has 0 bridgehead atoms. The van der Waals surface area contributed by atoms with E-state index in [0.717, 1.165) is 38.9 Å². The van der Waals surface area contributed by atoms with E-state index in [-0.39, 0.29) is 23.0 Å². The Morgan fingerprint density at radius 3 is 2.50 bits per heavy atom. The smallest absolute Gasteiger partial charge is 0.223 e. The van der Waals surface area contributed by atoms with E-state index in [4.69, 9.17) is 4.74 Å². The maximum atomic E-state index is 13.7. The van der Waals surface area contributed by atoms with Crippen LogP contribution in [0.25, 0.3) is 0 Å². The molecule has 2 aromatic rings. The SMILES string of the molecule is CC1(C)CC(CC(=O)N2CCNC[C@H]2Cc2ccccc2)(c2ccccc2)CCO1. The molecule has 4 nitrogen and oxygen atoms in total. The highest BCUT2D eigenvalue weighted by atomic mass is 16.5. The lowest BCUT2D eigenvalue weighted by Crippen LogP contribution is -2.56. The van der Waals surface area contributed by atoms with E-state index in [0.29, 0.717) is 13.0 Å². The molecule has 2 aliphatic rings. The fraction of sp³-hybridized carbons (Fsp3) is 0.500. The second-order valence-corrected chi connectivity index (χ2v) is 9.49. The van der Waals surface area contributed by atoms with Gasteiger partial charge in [0, 0.05) is 44.1 Å². The number of nitrogens with zero attached hydrogens (tertiary/aromatic N) is 1. The first-order valence-corrected chi connectivity index (χ1v) is 11.2. The van der Waals surface area contributed by atoms with Gasteiger partial charge in [-0.25, -0.2) is 0 Å². The number of benzene rings is 2. The molecule has 1 N–H and O–H groups in total. The van der Waals surface area contributed by atoms with Gasteiger partial charge in [-0.05, 0) is 44.2 Å². The summed E-state index contributed by atoms with van der Waals surface area (Å²) >= 11 is 0. The molecule has 1 amide bonds. The molecule has 2 saturated heterocycles. The van der Waals surface area contributed by atoms with Gasteiger partial charge in [-0.3, -0.25) is 4.79 Å². The van der Waals surface area contributed by atoms with Gasteiger partial charge in [0.2, 0.25) is 5.91 Å². The van der Waals surface area contributed by atoms with Crippen LogP contribution in [0.3, 0.4) is 0 Å². The van der Waals surface area contributed by atoms with Crippen molar-refractivity contribution in [2.75, 3.05) is 26.2 Å². The molecule has 0 radical (unpaired) electrons. The predicted molar refractivity (Wildman–Crippen MR) is 121 cm³/mol. The van der Waals surface area contributed by atoms with Crippen LogP contribution in [-0.2, 0) is 21.4 Å². The average molecular weight is 407 g/mol. The highest BCUT2D eigenvalue weighted by Crippen LogP contribution is 2.44. The molecule has 1 unspecified atom stereocenters. The van der Waals surface area contributed by atoms with E-state index in [9.17, 15) is 4.79 Å². The summed E-state index contributed by atoms with van der Waals surface area (Å²) in [5, 5.41) is 3.48. The van der Waals surface area contributed by atoms with Crippen molar-refractivity contribution < 1.29 is 9.53 Å². The Kier molecular flexibility index (Phi) is 6.26. The van der Waals surface area contributed by atoms with E-state index in [1.54, 1.807) is 0 Å². The van der Waals surface area contributed by atoms with Crippen LogP contribution in [-0.4, -0.2) is 48.7 Å². The molecule has 4 rings (SSSR count). The van der Waals surface area contributed by atoms with Crippen LogP contribution in [0.5, 0.6) is 0 Å². The lowest BCUT2D eigenvalue weighted by atomic mass is 9.67. The minimum atomic E-state index is -0.221. The zero-order valence-corrected chi connectivity index (χ0v) is 18.3. The second-order valence-electron chi connectivity index (χ2n) is 9.49. The maximum absolute atomic E-state index is 13.7. The zero-order valence-electron chi connectivity index (χ0n) is 18.3. The predicted octanol–water partition coefficient (Wildman–Crippen LogP) is 3.95. The monoisotopic (exact) mass is 406 g/mol. The van der Waals surface area contributed by atoms with Gasteiger partial charge >= 0.3 is 0 Å². The third-order valence-electron chi connectivity index (χ3n) is 6.70. The third-order valence-corrected chi connectivity index (χ3v) is 6.70. The molecule has 2 atom stereocenters. The molecule has 0 aromatic heterocycles. The normalized spacial score (nSPS) is 26.3. The molecule has 2 fully saturated rings. The molecule has 2 aromatic carbocycles. The van der Waals surface area contributed by atoms with E-state index in [1.165, 1.54) is 11.1 Å². The second kappa shape index (κ2) is 8.91. The van der Waals surface area contributed by atoms with E-state index in [2.05, 4.69) is 78.7 Å². The van der Waals surface area contributed by atoms with E-state index < -0.39 is 0 Å². The summed E-state index contributed by atoms with van der Waals surface area (Å²) in [4.78, 5) is 15.8. The lowest BCUT2D eigenvalue weighted by molar-refractivity contribution is -0.139. The van der Waals surface area contributed by atoms with Gasteiger partial charge in [0.1, 0.15) is 0 Å². The van der Waals surface area contributed by atoms with E-state index >= 15 is 0 Å². The summed E-state index contributed by atoms with van der Waals surface area (Å²) < 4.78 is 6.03. The zero-order chi connectivity index (χ0) is 21.0. The van der Waals surface area contributed by atoms with Crippen molar-refractivity contribution in [3.05, 3.63) is 71.8 Å². The molecule has 4 heteroatoms. The molecule has 0 spiro atoms. The van der Waals surface area contributed by atoms with Crippen LogP contribution in [0.15, 0.2) is 60.7 Å². The van der Waals surface area contributed by atoms with Crippen molar-refractivity contribution in [1.82, 2.24) is 10.2 Å². The minimum absolute atomic E-state index is 0.164. The van der Waals surface area contributed by atoms with Crippen LogP contribution in [0.2, 0.25) is 0 Å². The first kappa shape index (κ1) is 21.1. The van der Waals surface area contributed by atoms with Gasteiger partial charge < -0.3 is 15.0 Å². The third kappa shape index (κ3) is 4.76. The van der Waals surface area contributed by atoms with Crippen molar-refractivity contribution >= 4 is 5.91 Å². The number of carbonyl (C=O) groups is 1. The number of amides is 1. The Hall–Kier alpha value is -2.17. The van der Waals surface area contributed by atoms with Crippen LogP contribution in [0.4, 0.5) is 0 Å². The molecular formula is C26H34N2O2. The van der Waals surface area contributed by atoms with Crippen LogP contribution in [0, 0.1) is 0 Å². The summed E-state index contributed by atoms with van der Waals surface area (Å²) in [6, 6.07) is 21.3. The van der Waals surface area contributed by atoms with Crippen molar-refractivity contribution in [1.29, 1.82) is 0 Å². The Bertz CT molecular complexity index is 837. The lowest BCUT2D eigenvalue weighted by Gasteiger charge is -2.46. The number of nitrogens with one attached hydrogen (secondary N) is 1. The Morgan fingerprint density at radius 2 is 1.80 bits per heavy atom. The van der Waals surface area contributed by atoms with Gasteiger partial charge in [-0.15, -0.1) is 0 Å². The summed E-state index contributed by atoms with van der Waals surface area (Å²) in [7, 11) is 0. The standard InChI is InChI=1S/C26H34N2O2/c1-25(2)20-26(13-16-30-25,22-11-7-4-8-12-22)18-24(29)28-15-14-27-19-23(28)17-21-9-5-3-6-10-21/h3-12,23,27H,13-20H2,1-2H3/t23-,26?/m1/s1. The number of piperazine rings is 1. The molecule has 2 heterocycles. The van der Waals surface area contributed by atoms with Gasteiger partial charge in [-0.2, -0.15) is 0 Å². The largest absolute Gasteiger partial charge is 0.376 e. The summed E-state index contributed by atoms with van der Waals surface area (Å²) in [6.45, 7) is 7.50. The van der Waals surface area contributed by atoms with Crippen LogP contribution >= 0.6 is 0 Å². The fourth-order valence-electron chi connectivity index (χ4n) is 5.32.